The van der Waals surface area contributed by atoms with Crippen LogP contribution in [-0.4, -0.2) is 38.8 Å². The summed E-state index contributed by atoms with van der Waals surface area (Å²) in [6.45, 7) is 10.9. The molecule has 1 heterocycles. The van der Waals surface area contributed by atoms with Gasteiger partial charge in [-0.25, -0.2) is 0 Å². The summed E-state index contributed by atoms with van der Waals surface area (Å²) in [7, 11) is 0. The predicted octanol–water partition coefficient (Wildman–Crippen LogP) is 2.00. The molecule has 1 aliphatic rings. The van der Waals surface area contributed by atoms with E-state index in [2.05, 4.69) is 36.4 Å². The molecule has 0 spiro atoms. The molecule has 102 valence electrons. The van der Waals surface area contributed by atoms with Gasteiger partial charge in [0.05, 0.1) is 19.8 Å². The minimum absolute atomic E-state index is 0. The van der Waals surface area contributed by atoms with Crippen molar-refractivity contribution in [1.82, 2.24) is 10.6 Å². The maximum Gasteiger partial charge on any atom is 0.191 e. The van der Waals surface area contributed by atoms with Gasteiger partial charge in [0.1, 0.15) is 0 Å². The number of unbranched alkanes of at least 4 members (excludes halogenated alkanes) is 1. The molecule has 2 N–H and O–H groups in total. The van der Waals surface area contributed by atoms with E-state index in [0.717, 1.165) is 38.8 Å². The quantitative estimate of drug-likeness (QED) is 0.332. The van der Waals surface area contributed by atoms with Crippen LogP contribution in [0, 0.1) is 5.41 Å². The Labute approximate surface area is 122 Å². The first-order valence-corrected chi connectivity index (χ1v) is 6.30. The first-order valence-electron chi connectivity index (χ1n) is 6.30. The van der Waals surface area contributed by atoms with Crippen LogP contribution < -0.4 is 10.6 Å². The van der Waals surface area contributed by atoms with Gasteiger partial charge < -0.3 is 15.4 Å². The van der Waals surface area contributed by atoms with Gasteiger partial charge >= 0.3 is 0 Å². The standard InChI is InChI=1S/C12H25N3O.HI/c1-4-6-7-14-11(13-5-2)15-8-12(3)9-16-10-12;/h4-10H2,1-3H3,(H2,13,14,15);1H. The molecule has 0 aliphatic carbocycles. The molecule has 1 rings (SSSR count). The Balaban J connectivity index is 0.00000256. The van der Waals surface area contributed by atoms with Crippen molar-refractivity contribution >= 4 is 29.9 Å². The zero-order chi connectivity index (χ0) is 11.9. The molecule has 1 saturated heterocycles. The van der Waals surface area contributed by atoms with E-state index in [0.29, 0.717) is 0 Å². The number of ether oxygens (including phenoxy) is 1. The fourth-order valence-electron chi connectivity index (χ4n) is 1.54. The zero-order valence-corrected chi connectivity index (χ0v) is 13.5. The highest BCUT2D eigenvalue weighted by Crippen LogP contribution is 2.26. The first kappa shape index (κ1) is 17.0. The average molecular weight is 355 g/mol. The van der Waals surface area contributed by atoms with Gasteiger partial charge in [0.25, 0.3) is 0 Å². The Bertz CT molecular complexity index is 230. The van der Waals surface area contributed by atoms with Crippen molar-refractivity contribution < 1.29 is 4.74 Å². The predicted molar refractivity (Wildman–Crippen MR) is 83.2 cm³/mol. The van der Waals surface area contributed by atoms with Gasteiger partial charge in [-0.3, -0.25) is 4.99 Å². The molecule has 4 nitrogen and oxygen atoms in total. The van der Waals surface area contributed by atoms with Crippen LogP contribution in [0.15, 0.2) is 4.99 Å². The molecule has 0 aromatic carbocycles. The SMILES string of the molecule is CCCCNC(=NCC1(C)COC1)NCC.I. The van der Waals surface area contributed by atoms with E-state index in [9.17, 15) is 0 Å². The van der Waals surface area contributed by atoms with E-state index < -0.39 is 0 Å². The van der Waals surface area contributed by atoms with E-state index in [1.54, 1.807) is 0 Å². The van der Waals surface area contributed by atoms with Gasteiger partial charge in [-0.05, 0) is 13.3 Å². The van der Waals surface area contributed by atoms with Crippen molar-refractivity contribution in [2.24, 2.45) is 10.4 Å². The van der Waals surface area contributed by atoms with E-state index in [1.165, 1.54) is 12.8 Å². The van der Waals surface area contributed by atoms with E-state index in [4.69, 9.17) is 4.74 Å². The second kappa shape index (κ2) is 8.97. The Morgan fingerprint density at radius 2 is 2.00 bits per heavy atom. The molecule has 5 heteroatoms. The van der Waals surface area contributed by atoms with E-state index in [-0.39, 0.29) is 29.4 Å². The summed E-state index contributed by atoms with van der Waals surface area (Å²) >= 11 is 0. The van der Waals surface area contributed by atoms with Crippen molar-refractivity contribution in [3.63, 3.8) is 0 Å². The number of nitrogens with zero attached hydrogens (tertiary/aromatic N) is 1. The van der Waals surface area contributed by atoms with Gasteiger partial charge in [0.2, 0.25) is 0 Å². The van der Waals surface area contributed by atoms with E-state index in [1.807, 2.05) is 0 Å². The molecular formula is C12H26IN3O. The summed E-state index contributed by atoms with van der Waals surface area (Å²) in [6, 6.07) is 0. The van der Waals surface area contributed by atoms with Gasteiger partial charge in [0.15, 0.2) is 5.96 Å². The minimum atomic E-state index is 0. The molecular weight excluding hydrogens is 329 g/mol. The lowest BCUT2D eigenvalue weighted by atomic mass is 9.89. The summed E-state index contributed by atoms with van der Waals surface area (Å²) in [5.74, 6) is 0.934. The van der Waals surface area contributed by atoms with Crippen LogP contribution in [0.4, 0.5) is 0 Å². The second-order valence-corrected chi connectivity index (χ2v) is 4.78. The highest BCUT2D eigenvalue weighted by Gasteiger charge is 2.33. The number of halogens is 1. The number of guanidine groups is 1. The lowest BCUT2D eigenvalue weighted by Gasteiger charge is -2.36. The van der Waals surface area contributed by atoms with Crippen LogP contribution in [0.2, 0.25) is 0 Å². The smallest absolute Gasteiger partial charge is 0.191 e. The minimum Gasteiger partial charge on any atom is -0.380 e. The molecule has 0 radical (unpaired) electrons. The van der Waals surface area contributed by atoms with E-state index >= 15 is 0 Å². The highest BCUT2D eigenvalue weighted by molar-refractivity contribution is 14.0. The van der Waals surface area contributed by atoms with Crippen LogP contribution >= 0.6 is 24.0 Å². The van der Waals surface area contributed by atoms with Gasteiger partial charge in [0, 0.05) is 18.5 Å². The van der Waals surface area contributed by atoms with Crippen molar-refractivity contribution in [1.29, 1.82) is 0 Å². The Hall–Kier alpha value is -0.0400. The number of nitrogens with one attached hydrogen (secondary N) is 2. The third-order valence-corrected chi connectivity index (χ3v) is 2.69. The first-order chi connectivity index (χ1) is 7.70. The van der Waals surface area contributed by atoms with Crippen molar-refractivity contribution in [2.45, 2.75) is 33.6 Å². The van der Waals surface area contributed by atoms with Crippen LogP contribution in [0.25, 0.3) is 0 Å². The molecule has 0 amide bonds. The monoisotopic (exact) mass is 355 g/mol. The normalized spacial score (nSPS) is 17.9. The molecule has 0 aromatic rings. The molecule has 17 heavy (non-hydrogen) atoms. The fourth-order valence-corrected chi connectivity index (χ4v) is 1.54. The second-order valence-electron chi connectivity index (χ2n) is 4.78. The van der Waals surface area contributed by atoms with Crippen LogP contribution in [0.1, 0.15) is 33.6 Å². The van der Waals surface area contributed by atoms with Crippen molar-refractivity contribution in [3.05, 3.63) is 0 Å². The Morgan fingerprint density at radius 1 is 1.29 bits per heavy atom. The lowest BCUT2D eigenvalue weighted by Crippen LogP contribution is -2.44. The van der Waals surface area contributed by atoms with Gasteiger partial charge in [-0.15, -0.1) is 24.0 Å². The Kier molecular flexibility index (Phi) is 8.94. The van der Waals surface area contributed by atoms with Crippen LogP contribution in [0.5, 0.6) is 0 Å². The molecule has 1 aliphatic heterocycles. The van der Waals surface area contributed by atoms with Crippen LogP contribution in [0.3, 0.4) is 0 Å². The molecule has 0 aromatic heterocycles. The molecule has 1 fully saturated rings. The molecule has 0 atom stereocenters. The third-order valence-electron chi connectivity index (χ3n) is 2.69. The average Bonchev–Trinajstić information content (AvgIpc) is 2.23. The van der Waals surface area contributed by atoms with Crippen molar-refractivity contribution in [2.75, 3.05) is 32.8 Å². The summed E-state index contributed by atoms with van der Waals surface area (Å²) in [6.07, 6.45) is 2.39. The highest BCUT2D eigenvalue weighted by atomic mass is 127. The largest absolute Gasteiger partial charge is 0.380 e. The van der Waals surface area contributed by atoms with Gasteiger partial charge in [-0.1, -0.05) is 20.3 Å². The molecule has 0 bridgehead atoms. The summed E-state index contributed by atoms with van der Waals surface area (Å²) in [5.41, 5.74) is 0.257. The Morgan fingerprint density at radius 3 is 2.47 bits per heavy atom. The lowest BCUT2D eigenvalue weighted by molar-refractivity contribution is -0.0945. The van der Waals surface area contributed by atoms with Crippen LogP contribution in [-0.2, 0) is 4.74 Å². The maximum atomic E-state index is 5.22. The molecule has 0 saturated carbocycles. The fraction of sp³-hybridized carbons (Fsp3) is 0.917. The maximum absolute atomic E-state index is 5.22. The number of rotatable bonds is 6. The number of hydrogen-bond acceptors (Lipinski definition) is 2. The zero-order valence-electron chi connectivity index (χ0n) is 11.2. The number of hydrogen-bond donors (Lipinski definition) is 2. The third kappa shape index (κ3) is 6.45. The summed E-state index contributed by atoms with van der Waals surface area (Å²) < 4.78 is 5.22. The summed E-state index contributed by atoms with van der Waals surface area (Å²) in [5, 5.41) is 6.60. The van der Waals surface area contributed by atoms with Crippen molar-refractivity contribution in [3.8, 4) is 0 Å². The summed E-state index contributed by atoms with van der Waals surface area (Å²) in [4.78, 5) is 4.59. The topological polar surface area (TPSA) is 45.7 Å². The number of aliphatic imine (C=N–C) groups is 1. The molecule has 0 unspecified atom stereocenters. The van der Waals surface area contributed by atoms with Gasteiger partial charge in [-0.2, -0.15) is 0 Å².